The van der Waals surface area contributed by atoms with E-state index in [2.05, 4.69) is 20.9 Å². The Morgan fingerprint density at radius 1 is 1.28 bits per heavy atom. The zero-order chi connectivity index (χ0) is 20.7. The van der Waals surface area contributed by atoms with Crippen LogP contribution in [0.1, 0.15) is 36.7 Å². The van der Waals surface area contributed by atoms with E-state index in [0.717, 1.165) is 12.0 Å². The summed E-state index contributed by atoms with van der Waals surface area (Å²) in [4.78, 5) is 29.6. The normalized spacial score (nSPS) is 14.4. The van der Waals surface area contributed by atoms with Crippen molar-refractivity contribution >= 4 is 41.9 Å². The van der Waals surface area contributed by atoms with Gasteiger partial charge in [0.15, 0.2) is 5.96 Å². The average molecular weight is 517 g/mol. The molecule has 1 aliphatic rings. The highest BCUT2D eigenvalue weighted by Gasteiger charge is 2.34. The van der Waals surface area contributed by atoms with Gasteiger partial charge in [0, 0.05) is 39.3 Å². The molecular formula is C20H32IN5O3. The first-order valence-corrected chi connectivity index (χ1v) is 9.48. The standard InChI is InChI=1S/C20H31N5O3.HI/c1-20(2,3)28-19(27)25-12-16(13-25)24-18(22-5)23-10-9-14-7-6-8-15(11-14)17(26)21-4;/h6-8,11,16H,9-10,12-13H2,1-5H3,(H,21,26)(H2,22,23,24);1H. The second-order valence-electron chi connectivity index (χ2n) is 7.76. The van der Waals surface area contributed by atoms with Crippen molar-refractivity contribution in [3.63, 3.8) is 0 Å². The summed E-state index contributed by atoms with van der Waals surface area (Å²) in [6.45, 7) is 7.43. The minimum atomic E-state index is -0.484. The Morgan fingerprint density at radius 2 is 1.97 bits per heavy atom. The molecule has 1 aliphatic heterocycles. The lowest BCUT2D eigenvalue weighted by molar-refractivity contribution is 0.00700. The monoisotopic (exact) mass is 517 g/mol. The molecule has 0 saturated carbocycles. The first-order valence-electron chi connectivity index (χ1n) is 9.48. The molecule has 1 fully saturated rings. The Hall–Kier alpha value is -2.04. The number of likely N-dealkylation sites (tertiary alicyclic amines) is 1. The smallest absolute Gasteiger partial charge is 0.410 e. The predicted octanol–water partition coefficient (Wildman–Crippen LogP) is 1.99. The number of hydrogen-bond acceptors (Lipinski definition) is 4. The summed E-state index contributed by atoms with van der Waals surface area (Å²) in [6, 6.07) is 7.71. The molecule has 2 rings (SSSR count). The number of carbonyl (C=O) groups excluding carboxylic acids is 2. The number of guanidine groups is 1. The molecule has 1 heterocycles. The van der Waals surface area contributed by atoms with E-state index >= 15 is 0 Å². The SMILES string of the molecule is CN=C(NCCc1cccc(C(=O)NC)c1)NC1CN(C(=O)OC(C)(C)C)C1.I. The quantitative estimate of drug-likeness (QED) is 0.316. The van der Waals surface area contributed by atoms with Crippen molar-refractivity contribution in [3.05, 3.63) is 35.4 Å². The van der Waals surface area contributed by atoms with Gasteiger partial charge in [0.2, 0.25) is 0 Å². The Bertz CT molecular complexity index is 727. The number of benzene rings is 1. The molecule has 0 spiro atoms. The number of halogens is 1. The van der Waals surface area contributed by atoms with Crippen LogP contribution < -0.4 is 16.0 Å². The number of ether oxygens (including phenoxy) is 1. The van der Waals surface area contributed by atoms with Gasteiger partial charge in [0.1, 0.15) is 5.60 Å². The van der Waals surface area contributed by atoms with E-state index in [1.54, 1.807) is 25.1 Å². The summed E-state index contributed by atoms with van der Waals surface area (Å²) >= 11 is 0. The fourth-order valence-corrected chi connectivity index (χ4v) is 2.77. The molecule has 1 aromatic rings. The molecule has 0 aliphatic carbocycles. The first-order chi connectivity index (χ1) is 13.2. The first kappa shape index (κ1) is 25.0. The molecule has 0 unspecified atom stereocenters. The fraction of sp³-hybridized carbons (Fsp3) is 0.550. The molecule has 0 atom stereocenters. The van der Waals surface area contributed by atoms with Crippen LogP contribution in [0.2, 0.25) is 0 Å². The zero-order valence-electron chi connectivity index (χ0n) is 17.7. The van der Waals surface area contributed by atoms with Crippen molar-refractivity contribution in [2.24, 2.45) is 4.99 Å². The van der Waals surface area contributed by atoms with Gasteiger partial charge in [-0.05, 0) is 44.9 Å². The van der Waals surface area contributed by atoms with Crippen molar-refractivity contribution in [2.45, 2.75) is 38.8 Å². The van der Waals surface area contributed by atoms with Crippen molar-refractivity contribution in [2.75, 3.05) is 33.7 Å². The summed E-state index contributed by atoms with van der Waals surface area (Å²) in [5.41, 5.74) is 1.24. The number of carbonyl (C=O) groups is 2. The summed E-state index contributed by atoms with van der Waals surface area (Å²) in [7, 11) is 3.34. The fourth-order valence-electron chi connectivity index (χ4n) is 2.77. The Morgan fingerprint density at radius 3 is 2.55 bits per heavy atom. The highest BCUT2D eigenvalue weighted by atomic mass is 127. The summed E-state index contributed by atoms with van der Waals surface area (Å²) in [5.74, 6) is 0.600. The Labute approximate surface area is 189 Å². The minimum absolute atomic E-state index is 0. The molecule has 0 bridgehead atoms. The van der Waals surface area contributed by atoms with E-state index in [-0.39, 0.29) is 42.0 Å². The lowest BCUT2D eigenvalue weighted by Crippen LogP contribution is -2.63. The molecule has 162 valence electrons. The summed E-state index contributed by atoms with van der Waals surface area (Å²) in [6.07, 6.45) is 0.477. The van der Waals surface area contributed by atoms with Gasteiger partial charge >= 0.3 is 6.09 Å². The predicted molar refractivity (Wildman–Crippen MR) is 125 cm³/mol. The van der Waals surface area contributed by atoms with Crippen LogP contribution in [0.15, 0.2) is 29.3 Å². The van der Waals surface area contributed by atoms with Gasteiger partial charge in [0.25, 0.3) is 5.91 Å². The van der Waals surface area contributed by atoms with E-state index in [1.807, 2.05) is 39.0 Å². The molecule has 8 nitrogen and oxygen atoms in total. The molecule has 9 heteroatoms. The number of hydrogen-bond donors (Lipinski definition) is 3. The van der Waals surface area contributed by atoms with Crippen LogP contribution in [-0.4, -0.2) is 68.2 Å². The van der Waals surface area contributed by atoms with E-state index in [1.165, 1.54) is 0 Å². The highest BCUT2D eigenvalue weighted by Crippen LogP contribution is 2.15. The van der Waals surface area contributed by atoms with Gasteiger partial charge in [0.05, 0.1) is 6.04 Å². The van der Waals surface area contributed by atoms with Crippen molar-refractivity contribution in [3.8, 4) is 0 Å². The van der Waals surface area contributed by atoms with Crippen molar-refractivity contribution in [1.29, 1.82) is 0 Å². The van der Waals surface area contributed by atoms with Gasteiger partial charge in [-0.3, -0.25) is 9.79 Å². The zero-order valence-corrected chi connectivity index (χ0v) is 20.1. The third kappa shape index (κ3) is 8.08. The third-order valence-electron chi connectivity index (χ3n) is 4.22. The van der Waals surface area contributed by atoms with Gasteiger partial charge in [-0.15, -0.1) is 24.0 Å². The van der Waals surface area contributed by atoms with Gasteiger partial charge in [-0.25, -0.2) is 4.79 Å². The average Bonchev–Trinajstić information content (AvgIpc) is 2.60. The molecule has 1 aromatic carbocycles. The molecule has 3 N–H and O–H groups in total. The van der Waals surface area contributed by atoms with E-state index < -0.39 is 5.60 Å². The van der Waals surface area contributed by atoms with Crippen molar-refractivity contribution in [1.82, 2.24) is 20.9 Å². The van der Waals surface area contributed by atoms with Crippen LogP contribution in [-0.2, 0) is 11.2 Å². The maximum Gasteiger partial charge on any atom is 0.410 e. The lowest BCUT2D eigenvalue weighted by atomic mass is 10.1. The van der Waals surface area contributed by atoms with Crippen LogP contribution in [0, 0.1) is 0 Å². The minimum Gasteiger partial charge on any atom is -0.444 e. The highest BCUT2D eigenvalue weighted by molar-refractivity contribution is 14.0. The maximum absolute atomic E-state index is 12.0. The molecule has 0 radical (unpaired) electrons. The summed E-state index contributed by atoms with van der Waals surface area (Å²) < 4.78 is 5.35. The third-order valence-corrected chi connectivity index (χ3v) is 4.22. The van der Waals surface area contributed by atoms with Crippen LogP contribution in [0.5, 0.6) is 0 Å². The topological polar surface area (TPSA) is 95.1 Å². The van der Waals surface area contributed by atoms with E-state index in [9.17, 15) is 9.59 Å². The van der Waals surface area contributed by atoms with E-state index in [4.69, 9.17) is 4.74 Å². The molecule has 0 aromatic heterocycles. The van der Waals surface area contributed by atoms with Gasteiger partial charge in [-0.1, -0.05) is 12.1 Å². The van der Waals surface area contributed by atoms with Crippen LogP contribution in [0.4, 0.5) is 4.79 Å². The Balaban J connectivity index is 0.00000420. The van der Waals surface area contributed by atoms with Crippen LogP contribution in [0.3, 0.4) is 0 Å². The van der Waals surface area contributed by atoms with Gasteiger partial charge < -0.3 is 25.6 Å². The number of aliphatic imine (C=N–C) groups is 1. The van der Waals surface area contributed by atoms with E-state index in [0.29, 0.717) is 31.2 Å². The second-order valence-corrected chi connectivity index (χ2v) is 7.76. The lowest BCUT2D eigenvalue weighted by Gasteiger charge is -2.40. The molecular weight excluding hydrogens is 485 g/mol. The van der Waals surface area contributed by atoms with Gasteiger partial charge in [-0.2, -0.15) is 0 Å². The molecule has 29 heavy (non-hydrogen) atoms. The number of nitrogens with zero attached hydrogens (tertiary/aromatic N) is 2. The number of nitrogens with one attached hydrogen (secondary N) is 3. The molecule has 2 amide bonds. The largest absolute Gasteiger partial charge is 0.444 e. The molecule has 1 saturated heterocycles. The Kier molecular flexibility index (Phi) is 9.67. The van der Waals surface area contributed by atoms with Crippen LogP contribution >= 0.6 is 24.0 Å². The maximum atomic E-state index is 12.0. The second kappa shape index (κ2) is 11.2. The van der Waals surface area contributed by atoms with Crippen molar-refractivity contribution < 1.29 is 14.3 Å². The summed E-state index contributed by atoms with van der Waals surface area (Å²) in [5, 5.41) is 9.20. The van der Waals surface area contributed by atoms with Crippen LogP contribution in [0.25, 0.3) is 0 Å². The number of amides is 2. The number of rotatable bonds is 5.